The summed E-state index contributed by atoms with van der Waals surface area (Å²) in [7, 11) is 1.64. The number of aromatic nitrogens is 1. The Bertz CT molecular complexity index is 887. The number of ether oxygens (including phenoxy) is 2. The molecule has 1 N–H and O–H groups in total. The van der Waals surface area contributed by atoms with Crippen LogP contribution in [0.1, 0.15) is 29.8 Å². The number of anilines is 1. The van der Waals surface area contributed by atoms with Crippen LogP contribution >= 0.6 is 11.3 Å². The maximum atomic E-state index is 12.4. The van der Waals surface area contributed by atoms with Crippen molar-refractivity contribution >= 4 is 22.4 Å². The van der Waals surface area contributed by atoms with E-state index in [4.69, 9.17) is 9.47 Å². The van der Waals surface area contributed by atoms with Crippen molar-refractivity contribution in [3.8, 4) is 17.0 Å². The average Bonchev–Trinajstić information content (AvgIpc) is 3.11. The quantitative estimate of drug-likeness (QED) is 0.625. The third-order valence-corrected chi connectivity index (χ3v) is 4.53. The molecule has 0 unspecified atom stereocenters. The van der Waals surface area contributed by atoms with Gasteiger partial charge in [0, 0.05) is 23.6 Å². The van der Waals surface area contributed by atoms with Crippen molar-refractivity contribution in [2.75, 3.05) is 12.4 Å². The predicted molar refractivity (Wildman–Crippen MR) is 108 cm³/mol. The second-order valence-electron chi connectivity index (χ2n) is 6.31. The minimum Gasteiger partial charge on any atom is -0.491 e. The molecular formula is C21H22N2O3S. The van der Waals surface area contributed by atoms with Gasteiger partial charge in [-0.25, -0.2) is 4.98 Å². The van der Waals surface area contributed by atoms with Crippen LogP contribution in [0.25, 0.3) is 11.3 Å². The Morgan fingerprint density at radius 2 is 1.81 bits per heavy atom. The molecule has 140 valence electrons. The van der Waals surface area contributed by atoms with Crippen LogP contribution in [0.15, 0.2) is 53.9 Å². The molecule has 0 saturated heterocycles. The van der Waals surface area contributed by atoms with E-state index < -0.39 is 0 Å². The van der Waals surface area contributed by atoms with Gasteiger partial charge in [-0.15, -0.1) is 11.3 Å². The van der Waals surface area contributed by atoms with Crippen molar-refractivity contribution < 1.29 is 14.3 Å². The molecule has 0 fully saturated rings. The topological polar surface area (TPSA) is 60.5 Å². The molecule has 5 nitrogen and oxygen atoms in total. The predicted octanol–water partition coefficient (Wildman–Crippen LogP) is 5.00. The molecule has 1 amide bonds. The van der Waals surface area contributed by atoms with Gasteiger partial charge in [-0.05, 0) is 55.8 Å². The normalized spacial score (nSPS) is 10.8. The Hall–Kier alpha value is -2.70. The van der Waals surface area contributed by atoms with Crippen LogP contribution < -0.4 is 10.1 Å². The molecule has 0 aliphatic carbocycles. The molecular weight excluding hydrogens is 360 g/mol. The molecule has 1 aromatic heterocycles. The van der Waals surface area contributed by atoms with E-state index in [0.717, 1.165) is 22.6 Å². The van der Waals surface area contributed by atoms with Gasteiger partial charge in [0.05, 0.1) is 18.4 Å². The van der Waals surface area contributed by atoms with Gasteiger partial charge in [0.15, 0.2) is 5.13 Å². The number of benzene rings is 2. The molecule has 0 spiro atoms. The number of methoxy groups -OCH3 is 1. The lowest BCUT2D eigenvalue weighted by atomic mass is 10.1. The summed E-state index contributed by atoms with van der Waals surface area (Å²) >= 11 is 1.40. The third kappa shape index (κ3) is 5.15. The number of hydrogen-bond donors (Lipinski definition) is 1. The van der Waals surface area contributed by atoms with Gasteiger partial charge in [0.25, 0.3) is 5.91 Å². The van der Waals surface area contributed by atoms with Gasteiger partial charge in [-0.1, -0.05) is 12.1 Å². The van der Waals surface area contributed by atoms with Crippen LogP contribution in [0, 0.1) is 0 Å². The second kappa shape index (κ2) is 8.79. The molecule has 0 aliphatic heterocycles. The second-order valence-corrected chi connectivity index (χ2v) is 7.17. The molecule has 0 aliphatic rings. The fourth-order valence-corrected chi connectivity index (χ4v) is 3.24. The monoisotopic (exact) mass is 382 g/mol. The Balaban J connectivity index is 1.65. The van der Waals surface area contributed by atoms with Crippen molar-refractivity contribution in [1.82, 2.24) is 4.98 Å². The molecule has 0 saturated carbocycles. The highest BCUT2D eigenvalue weighted by Crippen LogP contribution is 2.27. The molecule has 2 aromatic carbocycles. The zero-order valence-corrected chi connectivity index (χ0v) is 16.4. The fourth-order valence-electron chi connectivity index (χ4n) is 2.53. The molecule has 27 heavy (non-hydrogen) atoms. The first-order valence-electron chi connectivity index (χ1n) is 8.67. The maximum absolute atomic E-state index is 12.4. The van der Waals surface area contributed by atoms with E-state index >= 15 is 0 Å². The summed E-state index contributed by atoms with van der Waals surface area (Å²) in [6.07, 6.45) is 0.139. The van der Waals surface area contributed by atoms with E-state index in [9.17, 15) is 4.79 Å². The smallest absolute Gasteiger partial charge is 0.257 e. The van der Waals surface area contributed by atoms with Crippen LogP contribution in [0.3, 0.4) is 0 Å². The van der Waals surface area contributed by atoms with Gasteiger partial charge in [0.2, 0.25) is 0 Å². The van der Waals surface area contributed by atoms with Crippen molar-refractivity contribution in [2.45, 2.75) is 26.6 Å². The number of nitrogens with zero attached hydrogens (tertiary/aromatic N) is 1. The Morgan fingerprint density at radius 1 is 1.11 bits per heavy atom. The van der Waals surface area contributed by atoms with Crippen LogP contribution in [0.5, 0.6) is 5.75 Å². The SMILES string of the molecule is COCc1ccc(C(=O)Nc2nc(-c3ccc(OC(C)C)cc3)cs2)cc1. The zero-order valence-electron chi connectivity index (χ0n) is 15.6. The Morgan fingerprint density at radius 3 is 2.44 bits per heavy atom. The third-order valence-electron chi connectivity index (χ3n) is 3.77. The highest BCUT2D eigenvalue weighted by molar-refractivity contribution is 7.14. The summed E-state index contributed by atoms with van der Waals surface area (Å²) in [6.45, 7) is 4.52. The van der Waals surface area contributed by atoms with E-state index in [1.54, 1.807) is 19.2 Å². The Kier molecular flexibility index (Phi) is 6.21. The van der Waals surface area contributed by atoms with E-state index in [-0.39, 0.29) is 12.0 Å². The van der Waals surface area contributed by atoms with Crippen molar-refractivity contribution in [3.63, 3.8) is 0 Å². The summed E-state index contributed by atoms with van der Waals surface area (Å²) in [4.78, 5) is 16.9. The van der Waals surface area contributed by atoms with Gasteiger partial charge in [-0.2, -0.15) is 0 Å². The molecule has 3 aromatic rings. The van der Waals surface area contributed by atoms with Gasteiger partial charge >= 0.3 is 0 Å². The fraction of sp³-hybridized carbons (Fsp3) is 0.238. The number of carbonyl (C=O) groups excluding carboxylic acids is 1. The lowest BCUT2D eigenvalue weighted by Gasteiger charge is -2.09. The number of carbonyl (C=O) groups is 1. The summed E-state index contributed by atoms with van der Waals surface area (Å²) in [5.41, 5.74) is 3.41. The summed E-state index contributed by atoms with van der Waals surface area (Å²) in [5.74, 6) is 0.648. The first-order chi connectivity index (χ1) is 13.0. The lowest BCUT2D eigenvalue weighted by Crippen LogP contribution is -2.11. The van der Waals surface area contributed by atoms with E-state index in [2.05, 4.69) is 10.3 Å². The number of nitrogens with one attached hydrogen (secondary N) is 1. The van der Waals surface area contributed by atoms with Gasteiger partial charge in [0.1, 0.15) is 5.75 Å². The first-order valence-corrected chi connectivity index (χ1v) is 9.55. The zero-order chi connectivity index (χ0) is 19.2. The van der Waals surface area contributed by atoms with Crippen LogP contribution in [-0.2, 0) is 11.3 Å². The molecule has 6 heteroatoms. The lowest BCUT2D eigenvalue weighted by molar-refractivity contribution is 0.102. The molecule has 3 rings (SSSR count). The largest absolute Gasteiger partial charge is 0.491 e. The van der Waals surface area contributed by atoms with E-state index in [1.165, 1.54) is 11.3 Å². The molecule has 0 radical (unpaired) electrons. The van der Waals surface area contributed by atoms with Crippen molar-refractivity contribution in [1.29, 1.82) is 0 Å². The number of thiazole rings is 1. The first kappa shape index (κ1) is 19.1. The van der Waals surface area contributed by atoms with Crippen LogP contribution in [0.4, 0.5) is 5.13 Å². The van der Waals surface area contributed by atoms with Gasteiger partial charge in [-0.3, -0.25) is 10.1 Å². The number of hydrogen-bond acceptors (Lipinski definition) is 5. The Labute approximate surface area is 163 Å². The summed E-state index contributed by atoms with van der Waals surface area (Å²) < 4.78 is 10.7. The summed E-state index contributed by atoms with van der Waals surface area (Å²) in [6, 6.07) is 15.1. The minimum atomic E-state index is -0.180. The van der Waals surface area contributed by atoms with E-state index in [1.807, 2.05) is 55.6 Å². The van der Waals surface area contributed by atoms with Crippen molar-refractivity contribution in [2.24, 2.45) is 0 Å². The average molecular weight is 382 g/mol. The molecule has 0 bridgehead atoms. The van der Waals surface area contributed by atoms with Crippen molar-refractivity contribution in [3.05, 3.63) is 65.0 Å². The molecule has 0 atom stereocenters. The maximum Gasteiger partial charge on any atom is 0.257 e. The molecule has 1 heterocycles. The van der Waals surface area contributed by atoms with E-state index in [0.29, 0.717) is 17.3 Å². The van der Waals surface area contributed by atoms with Gasteiger partial charge < -0.3 is 9.47 Å². The number of rotatable bonds is 7. The van der Waals surface area contributed by atoms with Crippen LogP contribution in [-0.4, -0.2) is 24.1 Å². The highest BCUT2D eigenvalue weighted by atomic mass is 32.1. The highest BCUT2D eigenvalue weighted by Gasteiger charge is 2.10. The summed E-state index contributed by atoms with van der Waals surface area (Å²) in [5, 5.41) is 5.34. The number of amides is 1. The standard InChI is InChI=1S/C21H22N2O3S/c1-14(2)26-18-10-8-16(9-11-18)19-13-27-21(22-19)23-20(24)17-6-4-15(5-7-17)12-25-3/h4-11,13-14H,12H2,1-3H3,(H,22,23,24). The minimum absolute atomic E-state index is 0.139. The van der Waals surface area contributed by atoms with Crippen LogP contribution in [0.2, 0.25) is 0 Å².